The van der Waals surface area contributed by atoms with E-state index < -0.39 is 0 Å². The van der Waals surface area contributed by atoms with E-state index in [0.29, 0.717) is 0 Å². The van der Waals surface area contributed by atoms with Gasteiger partial charge in [-0.2, -0.15) is 0 Å². The molecule has 0 saturated carbocycles. The molecule has 0 amide bonds. The lowest BCUT2D eigenvalue weighted by atomic mass is 9.95. The SMILES string of the molecule is CN1CC=Cc2c(-n3c4ccccc4c4cc5ccccc5cc43)ccc(-c3nc4c(nc3-c3ccc5c(c3)sc3ccccc35)sc3ccccc34)c21. The molecule has 0 saturated heterocycles. The maximum atomic E-state index is 5.60. The number of anilines is 1. The average molecular weight is 727 g/mol. The van der Waals surface area contributed by atoms with Gasteiger partial charge in [0.1, 0.15) is 10.3 Å². The molecule has 1 aliphatic heterocycles. The van der Waals surface area contributed by atoms with Gasteiger partial charge in [-0.15, -0.1) is 22.7 Å². The maximum absolute atomic E-state index is 5.60. The van der Waals surface area contributed by atoms with Crippen molar-refractivity contribution >= 4 is 108 Å². The Morgan fingerprint density at radius 3 is 2.15 bits per heavy atom. The predicted octanol–water partition coefficient (Wildman–Crippen LogP) is 13.3. The van der Waals surface area contributed by atoms with Crippen molar-refractivity contribution in [3.63, 3.8) is 0 Å². The number of hydrogen-bond acceptors (Lipinski definition) is 5. The van der Waals surface area contributed by atoms with Crippen molar-refractivity contribution in [1.82, 2.24) is 14.5 Å². The summed E-state index contributed by atoms with van der Waals surface area (Å²) in [6.07, 6.45) is 4.58. The molecule has 0 N–H and O–H groups in total. The van der Waals surface area contributed by atoms with E-state index in [9.17, 15) is 0 Å². The average Bonchev–Trinajstić information content (AvgIpc) is 3.88. The normalized spacial score (nSPS) is 13.1. The topological polar surface area (TPSA) is 34.0 Å². The highest BCUT2D eigenvalue weighted by molar-refractivity contribution is 7.26. The molecule has 11 aromatic rings. The van der Waals surface area contributed by atoms with Crippen molar-refractivity contribution < 1.29 is 0 Å². The van der Waals surface area contributed by atoms with E-state index in [0.717, 1.165) is 50.5 Å². The Morgan fingerprint density at radius 1 is 0.556 bits per heavy atom. The number of hydrogen-bond donors (Lipinski definition) is 0. The zero-order chi connectivity index (χ0) is 35.5. The third-order valence-corrected chi connectivity index (χ3v) is 13.3. The van der Waals surface area contributed by atoms with Gasteiger partial charge < -0.3 is 9.47 Å². The molecule has 4 nitrogen and oxygen atoms in total. The third-order valence-electron chi connectivity index (χ3n) is 11.1. The highest BCUT2D eigenvalue weighted by atomic mass is 32.1. The number of aromatic nitrogens is 3. The van der Waals surface area contributed by atoms with E-state index in [2.05, 4.69) is 168 Å². The van der Waals surface area contributed by atoms with Gasteiger partial charge in [0.15, 0.2) is 0 Å². The van der Waals surface area contributed by atoms with Crippen molar-refractivity contribution in [2.75, 3.05) is 18.5 Å². The maximum Gasteiger partial charge on any atom is 0.143 e. The van der Waals surface area contributed by atoms with E-state index in [1.54, 1.807) is 11.3 Å². The molecule has 1 aliphatic rings. The van der Waals surface area contributed by atoms with E-state index in [4.69, 9.17) is 9.97 Å². The van der Waals surface area contributed by atoms with Crippen molar-refractivity contribution in [3.05, 3.63) is 151 Å². The van der Waals surface area contributed by atoms with Gasteiger partial charge in [-0.05, 0) is 59.3 Å². The van der Waals surface area contributed by atoms with Crippen LogP contribution >= 0.6 is 22.7 Å². The van der Waals surface area contributed by atoms with E-state index >= 15 is 0 Å². The first-order chi connectivity index (χ1) is 26.7. The molecule has 6 heteroatoms. The van der Waals surface area contributed by atoms with Crippen LogP contribution < -0.4 is 4.90 Å². The molecule has 0 atom stereocenters. The van der Waals surface area contributed by atoms with E-state index in [-0.39, 0.29) is 0 Å². The second kappa shape index (κ2) is 11.3. The molecule has 0 bridgehead atoms. The van der Waals surface area contributed by atoms with Crippen LogP contribution in [0.5, 0.6) is 0 Å². The molecule has 254 valence electrons. The molecule has 5 heterocycles. The Bertz CT molecular complexity index is 3400. The van der Waals surface area contributed by atoms with Crippen LogP contribution in [0.1, 0.15) is 5.56 Å². The van der Waals surface area contributed by atoms with Gasteiger partial charge in [0.2, 0.25) is 0 Å². The van der Waals surface area contributed by atoms with Crippen LogP contribution in [0.4, 0.5) is 5.69 Å². The summed E-state index contributed by atoms with van der Waals surface area (Å²) < 4.78 is 6.22. The van der Waals surface area contributed by atoms with E-state index in [1.807, 2.05) is 11.3 Å². The number of thiophene rings is 2. The fourth-order valence-electron chi connectivity index (χ4n) is 8.68. The van der Waals surface area contributed by atoms with Crippen LogP contribution in [-0.2, 0) is 0 Å². The number of rotatable bonds is 3. The minimum atomic E-state index is 0.807. The Hall–Kier alpha value is -6.34. The van der Waals surface area contributed by atoms with Crippen molar-refractivity contribution in [2.45, 2.75) is 0 Å². The first-order valence-corrected chi connectivity index (χ1v) is 19.9. The third kappa shape index (κ3) is 4.29. The molecule has 0 unspecified atom stereocenters. The Balaban J connectivity index is 1.15. The minimum Gasteiger partial charge on any atom is -0.370 e. The van der Waals surface area contributed by atoms with Crippen molar-refractivity contribution in [1.29, 1.82) is 0 Å². The lowest BCUT2D eigenvalue weighted by molar-refractivity contribution is 1.01. The Morgan fingerprint density at radius 2 is 1.28 bits per heavy atom. The quantitative estimate of drug-likeness (QED) is 0.182. The summed E-state index contributed by atoms with van der Waals surface area (Å²) in [6, 6.07) is 50.8. The first kappa shape index (κ1) is 30.2. The molecule has 7 aromatic carbocycles. The highest BCUT2D eigenvalue weighted by Crippen LogP contribution is 2.46. The molecule has 0 fully saturated rings. The first-order valence-electron chi connectivity index (χ1n) is 18.3. The molecule has 12 rings (SSSR count). The second-order valence-corrected chi connectivity index (χ2v) is 16.3. The summed E-state index contributed by atoms with van der Waals surface area (Å²) in [7, 11) is 2.20. The van der Waals surface area contributed by atoms with Gasteiger partial charge in [0, 0.05) is 71.3 Å². The smallest absolute Gasteiger partial charge is 0.143 e. The van der Waals surface area contributed by atoms with Crippen molar-refractivity contribution in [2.24, 2.45) is 0 Å². The molecule has 0 spiro atoms. The molecule has 0 radical (unpaired) electrons. The van der Waals surface area contributed by atoms with Gasteiger partial charge in [-0.3, -0.25) is 0 Å². The van der Waals surface area contributed by atoms with Gasteiger partial charge in [-0.25, -0.2) is 9.97 Å². The summed E-state index contributed by atoms with van der Waals surface area (Å²) in [5, 5.41) is 8.72. The largest absolute Gasteiger partial charge is 0.370 e. The second-order valence-electron chi connectivity index (χ2n) is 14.2. The van der Waals surface area contributed by atoms with Gasteiger partial charge in [0.05, 0.1) is 33.8 Å². The summed E-state index contributed by atoms with van der Waals surface area (Å²) in [5.74, 6) is 0. The van der Waals surface area contributed by atoms with Gasteiger partial charge in [0.25, 0.3) is 0 Å². The molecule has 54 heavy (non-hydrogen) atoms. The zero-order valence-corrected chi connectivity index (χ0v) is 30.9. The van der Waals surface area contributed by atoms with Crippen LogP contribution in [0.15, 0.2) is 146 Å². The Kier molecular flexibility index (Phi) is 6.33. The van der Waals surface area contributed by atoms with Gasteiger partial charge >= 0.3 is 0 Å². The number of benzene rings is 7. The van der Waals surface area contributed by atoms with Crippen LogP contribution in [0.3, 0.4) is 0 Å². The van der Waals surface area contributed by atoms with Crippen LogP contribution in [0, 0.1) is 0 Å². The van der Waals surface area contributed by atoms with Crippen LogP contribution in [0.25, 0.3) is 107 Å². The number of fused-ring (bicyclic) bond motifs is 11. The van der Waals surface area contributed by atoms with Crippen molar-refractivity contribution in [3.8, 4) is 28.2 Å². The summed E-state index contributed by atoms with van der Waals surface area (Å²) in [4.78, 5) is 14.4. The Labute approximate surface area is 318 Å². The highest BCUT2D eigenvalue weighted by Gasteiger charge is 2.26. The molecule has 0 aliphatic carbocycles. The summed E-state index contributed by atoms with van der Waals surface area (Å²) in [6.45, 7) is 0.807. The number of likely N-dealkylation sites (N-methyl/N-ethyl adjacent to an activating group) is 1. The zero-order valence-electron chi connectivity index (χ0n) is 29.2. The van der Waals surface area contributed by atoms with Gasteiger partial charge in [-0.1, -0.05) is 103 Å². The molecular formula is C48H30N4S2. The van der Waals surface area contributed by atoms with Crippen LogP contribution in [-0.4, -0.2) is 28.1 Å². The monoisotopic (exact) mass is 726 g/mol. The molecule has 4 aromatic heterocycles. The lowest BCUT2D eigenvalue weighted by Crippen LogP contribution is -2.22. The fraction of sp³-hybridized carbons (Fsp3) is 0.0417. The fourth-order valence-corrected chi connectivity index (χ4v) is 10.8. The number of nitrogens with zero attached hydrogens (tertiary/aromatic N) is 4. The lowest BCUT2D eigenvalue weighted by Gasteiger charge is -2.29. The predicted molar refractivity (Wildman–Crippen MR) is 233 cm³/mol. The minimum absolute atomic E-state index is 0.807. The summed E-state index contributed by atoms with van der Waals surface area (Å²) >= 11 is 3.56. The summed E-state index contributed by atoms with van der Waals surface area (Å²) in [5.41, 5.74) is 10.8. The standard InChI is InChI=1S/C48H30N4S2/c1-51-24-10-16-34-39(52-38-17-7-4-13-31(38)37-25-28-11-2-3-12-29(28)26-40(37)52)23-22-36(47(34)51)45-44(50-48-46(49-45)35-15-6-9-19-42(35)54-48)30-20-21-33-32-14-5-8-18-41(32)53-43(33)27-30/h2-23,25-27H,24H2,1H3. The van der Waals surface area contributed by atoms with Crippen LogP contribution in [0.2, 0.25) is 0 Å². The van der Waals surface area contributed by atoms with E-state index in [1.165, 1.54) is 68.7 Å². The number of para-hydroxylation sites is 1. The molecular weight excluding hydrogens is 697 g/mol.